The number of methoxy groups -OCH3 is 3. The molecule has 1 aliphatic carbocycles. The molecule has 1 aromatic heterocycles. The average Bonchev–Trinajstić information content (AvgIpc) is 3.85. The summed E-state index contributed by atoms with van der Waals surface area (Å²) in [7, 11) is 4.46. The van der Waals surface area contributed by atoms with E-state index in [1.807, 2.05) is 45.9 Å². The molecule has 6 aliphatic rings. The molecule has 0 spiro atoms. The van der Waals surface area contributed by atoms with E-state index in [0.29, 0.717) is 74.6 Å². The van der Waals surface area contributed by atoms with Crippen LogP contribution in [-0.2, 0) is 42.9 Å². The number of Topliss-reactive ketones (excluding diaryl/α,β-unsaturated/α-hetero) is 2. The number of fused-ring (bicyclic) bond motifs is 15. The Morgan fingerprint density at radius 1 is 0.769 bits per heavy atom. The first kappa shape index (κ1) is 60.8. The second-order valence-electron chi connectivity index (χ2n) is 23.3. The number of esters is 1. The van der Waals surface area contributed by atoms with E-state index in [1.54, 1.807) is 64.3 Å². The molecule has 18 atom stereocenters. The summed E-state index contributed by atoms with van der Waals surface area (Å²) in [5.74, 6) is -8.67. The van der Waals surface area contributed by atoms with Gasteiger partial charge < -0.3 is 49.0 Å². The third kappa shape index (κ3) is 13.0. The number of aromatic nitrogens is 3. The number of piperidine rings is 1. The highest BCUT2D eigenvalue weighted by Crippen LogP contribution is 2.39. The number of benzene rings is 1. The summed E-state index contributed by atoms with van der Waals surface area (Å²) in [6.07, 6.45) is 4.58. The van der Waals surface area contributed by atoms with Gasteiger partial charge in [-0.05, 0) is 125 Å². The lowest BCUT2D eigenvalue weighted by Crippen LogP contribution is -2.61. The van der Waals surface area contributed by atoms with Crippen LogP contribution in [0.5, 0.6) is 0 Å². The van der Waals surface area contributed by atoms with E-state index in [2.05, 4.69) is 0 Å². The molecule has 4 bridgehead atoms. The fourth-order valence-corrected chi connectivity index (χ4v) is 12.9. The number of ketones is 2. The highest BCUT2D eigenvalue weighted by molar-refractivity contribution is 6.39. The molecule has 1 aromatic carbocycles. The van der Waals surface area contributed by atoms with Crippen molar-refractivity contribution in [3.63, 3.8) is 0 Å². The third-order valence-corrected chi connectivity index (χ3v) is 17.8. The number of aliphatic hydroxyl groups excluding tert-OH is 3. The van der Waals surface area contributed by atoms with Gasteiger partial charge in [-0.2, -0.15) is 0 Å². The van der Waals surface area contributed by atoms with Crippen molar-refractivity contribution < 1.29 is 63.3 Å². The zero-order chi connectivity index (χ0) is 56.9. The van der Waals surface area contributed by atoms with Crippen LogP contribution in [0.1, 0.15) is 138 Å². The molecule has 5 aliphatic heterocycles. The summed E-state index contributed by atoms with van der Waals surface area (Å²) < 4.78 is 34.0. The molecule has 4 N–H and O–H groups in total. The maximum absolute atomic E-state index is 14.6. The molecule has 1 saturated carbocycles. The van der Waals surface area contributed by atoms with Crippen molar-refractivity contribution >= 4 is 23.4 Å². The Hall–Kier alpha value is -4.86. The van der Waals surface area contributed by atoms with Crippen molar-refractivity contribution in [1.82, 2.24) is 18.8 Å². The molecule has 8 rings (SSSR count). The van der Waals surface area contributed by atoms with Crippen molar-refractivity contribution in [3.8, 4) is 5.69 Å². The van der Waals surface area contributed by atoms with Gasteiger partial charge in [0.15, 0.2) is 0 Å². The summed E-state index contributed by atoms with van der Waals surface area (Å²) in [5.41, 5.74) is 0.264. The number of carbonyl (C=O) groups excluding carboxylic acids is 4. The van der Waals surface area contributed by atoms with Crippen LogP contribution in [0.2, 0.25) is 0 Å². The molecule has 0 radical (unpaired) electrons. The number of ether oxygens (including phenoxy) is 5. The van der Waals surface area contributed by atoms with Gasteiger partial charge in [-0.3, -0.25) is 14.4 Å². The van der Waals surface area contributed by atoms with Crippen molar-refractivity contribution in [2.75, 3.05) is 27.9 Å². The van der Waals surface area contributed by atoms with Gasteiger partial charge in [-0.1, -0.05) is 77.1 Å². The number of hydrogen-bond donors (Lipinski definition) is 4. The predicted molar refractivity (Wildman–Crippen MR) is 289 cm³/mol. The zero-order valence-corrected chi connectivity index (χ0v) is 47.3. The Morgan fingerprint density at radius 2 is 1.47 bits per heavy atom. The number of allylic oxidation sites excluding steroid dienone is 4. The van der Waals surface area contributed by atoms with Crippen LogP contribution in [-0.4, -0.2) is 151 Å². The highest BCUT2D eigenvalue weighted by Gasteiger charge is 2.53. The third-order valence-electron chi connectivity index (χ3n) is 17.8. The monoisotopic (exact) mass is 1090 g/mol. The van der Waals surface area contributed by atoms with Gasteiger partial charge in [0.2, 0.25) is 5.79 Å². The van der Waals surface area contributed by atoms with Gasteiger partial charge in [0, 0.05) is 52.6 Å². The molecular weight excluding hydrogens is 1000 g/mol. The first-order valence-electron chi connectivity index (χ1n) is 28.2. The smallest absolute Gasteiger partial charge is 0.352 e. The second kappa shape index (κ2) is 26.2. The highest BCUT2D eigenvalue weighted by atomic mass is 16.6. The van der Waals surface area contributed by atoms with Crippen molar-refractivity contribution in [3.05, 3.63) is 86.8 Å². The van der Waals surface area contributed by atoms with Gasteiger partial charge in [0.05, 0.1) is 48.3 Å². The Balaban J connectivity index is 1.26. The Morgan fingerprint density at radius 3 is 2.15 bits per heavy atom. The average molecular weight is 1090 g/mol. The molecule has 3 fully saturated rings. The van der Waals surface area contributed by atoms with Crippen LogP contribution < -0.4 is 11.4 Å². The number of aliphatic hydroxyl groups is 4. The van der Waals surface area contributed by atoms with Crippen LogP contribution >= 0.6 is 0 Å². The predicted octanol–water partition coefficient (Wildman–Crippen LogP) is 5.33. The minimum absolute atomic E-state index is 0.0379. The molecule has 19 nitrogen and oxygen atoms in total. The first-order valence-corrected chi connectivity index (χ1v) is 28.2. The van der Waals surface area contributed by atoms with Gasteiger partial charge >= 0.3 is 17.3 Å². The van der Waals surface area contributed by atoms with Crippen LogP contribution in [0.25, 0.3) is 5.69 Å². The Labute approximate surface area is 458 Å². The summed E-state index contributed by atoms with van der Waals surface area (Å²) in [6, 6.07) is 6.01. The summed E-state index contributed by atoms with van der Waals surface area (Å²) in [5, 5.41) is 46.5. The van der Waals surface area contributed by atoms with E-state index in [9.17, 15) is 49.2 Å². The summed E-state index contributed by atoms with van der Waals surface area (Å²) >= 11 is 0. The lowest BCUT2D eigenvalue weighted by Gasteiger charge is -2.42. The van der Waals surface area contributed by atoms with Crippen molar-refractivity contribution in [1.29, 1.82) is 0 Å². The summed E-state index contributed by atoms with van der Waals surface area (Å²) in [4.78, 5) is 88.3. The number of rotatable bonds is 7. The zero-order valence-electron chi connectivity index (χ0n) is 47.3. The number of amides is 1. The maximum atomic E-state index is 14.6. The topological polar surface area (TPSA) is 248 Å². The minimum Gasteiger partial charge on any atom is -0.460 e. The molecule has 2 saturated heterocycles. The van der Waals surface area contributed by atoms with Crippen LogP contribution in [0.3, 0.4) is 0 Å². The SMILES string of the molecule is CO[C@H]1C[C@@H]2CC[C@@H](C)[C@@](O)(O2)C(=O)C(=O)N2CCCC[C@H]2C(=O)O[C@H]([C@H](C)C[C@@H]2CC[C@@H](O)[C@H](OC)C2)CC(=O)[C@H](C)C=C(C)[C@@H](O)[C@@H](OC)C(O)[C@H](C)C[C@H](C)C2C=CC(C=C1C)n1c(=O)n(-c3ccccc3)c(=O)n12. The second-order valence-corrected chi connectivity index (χ2v) is 23.3. The maximum Gasteiger partial charge on any atom is 0.352 e. The van der Waals surface area contributed by atoms with Gasteiger partial charge in [-0.15, -0.1) is 0 Å². The molecule has 2 aromatic rings. The molecule has 432 valence electrons. The van der Waals surface area contributed by atoms with Crippen LogP contribution in [0.15, 0.2) is 75.4 Å². The lowest BCUT2D eigenvalue weighted by atomic mass is 9.78. The van der Waals surface area contributed by atoms with Gasteiger partial charge in [-0.25, -0.2) is 28.3 Å². The number of carbonyl (C=O) groups is 4. The normalized spacial score (nSPS) is 36.8. The molecule has 6 heterocycles. The molecule has 1 amide bonds. The lowest BCUT2D eigenvalue weighted by molar-refractivity contribution is -0.265. The fourth-order valence-electron chi connectivity index (χ4n) is 12.9. The van der Waals surface area contributed by atoms with Crippen LogP contribution in [0.4, 0.5) is 0 Å². The van der Waals surface area contributed by atoms with Gasteiger partial charge in [0.1, 0.15) is 30.1 Å². The number of para-hydroxylation sites is 1. The van der Waals surface area contributed by atoms with Crippen LogP contribution in [0, 0.1) is 35.5 Å². The molecule has 3 unspecified atom stereocenters. The number of nitrogens with zero attached hydrogens (tertiary/aromatic N) is 4. The Bertz CT molecular complexity index is 2640. The van der Waals surface area contributed by atoms with E-state index in [0.717, 1.165) is 9.47 Å². The largest absolute Gasteiger partial charge is 0.460 e. The molecular formula is C59H86N4O15. The van der Waals surface area contributed by atoms with E-state index in [1.165, 1.54) is 23.6 Å². The van der Waals surface area contributed by atoms with E-state index >= 15 is 0 Å². The van der Waals surface area contributed by atoms with E-state index in [4.69, 9.17) is 23.7 Å². The van der Waals surface area contributed by atoms with Gasteiger partial charge in [0.25, 0.3) is 11.7 Å². The van der Waals surface area contributed by atoms with E-state index in [-0.39, 0.29) is 55.4 Å². The number of hydrogen-bond acceptors (Lipinski definition) is 15. The standard InChI is InChI=1S/C59H86N4O15/c1-33-26-37(5)51(66)53(76-10)52(67)38(6)27-34(2)47(65)32-49(35(3)28-40-20-24-46(64)50(30-40)75-9)77-56(70)45-18-14-15-25-60(45)55(69)54(68)59(73)39(7)19-22-43(78-59)31-48(74-8)36(4)29-42-21-23-44(33)63-58(72)61(57(71)62(42)63)41-16-12-11-13-17-41/h11-13,16-17,21,23,27,29,33-35,37,39-40,42-46,48-53,64,66-67,73H,14-15,18-20,22,24-26,28,30-32H2,1-10H3/t33-,34+,35+,37+,39+,40-,42?,43-,44?,45-,46+,48-,49-,50+,51?,52+,53-,59+/m0/s1. The fraction of sp³-hybridized carbons (Fsp3) is 0.695. The quantitative estimate of drug-likeness (QED) is 0.156. The molecule has 78 heavy (non-hydrogen) atoms. The molecule has 19 heteroatoms. The Kier molecular flexibility index (Phi) is 20.4. The van der Waals surface area contributed by atoms with Crippen molar-refractivity contribution in [2.45, 2.75) is 198 Å². The first-order chi connectivity index (χ1) is 37.0. The minimum atomic E-state index is -2.55. The van der Waals surface area contributed by atoms with E-state index < -0.39 is 113 Å². The van der Waals surface area contributed by atoms with Crippen molar-refractivity contribution in [2.24, 2.45) is 35.5 Å². The summed E-state index contributed by atoms with van der Waals surface area (Å²) in [6.45, 7) is 12.5.